The van der Waals surface area contributed by atoms with Crippen LogP contribution in [0.3, 0.4) is 0 Å². The molecule has 5 aliphatic carbocycles. The van der Waals surface area contributed by atoms with Crippen molar-refractivity contribution in [2.45, 2.75) is 94.8 Å². The van der Waals surface area contributed by atoms with Gasteiger partial charge in [0.2, 0.25) is 0 Å². The molecule has 12 rings (SSSR count). The fourth-order valence-electron chi connectivity index (χ4n) is 13.5. The van der Waals surface area contributed by atoms with Crippen LogP contribution in [0, 0.1) is 11.8 Å². The maximum Gasteiger partial charge on any atom is 0.0505 e. The topological polar surface area (TPSA) is 6.48 Å². The van der Waals surface area contributed by atoms with Crippen molar-refractivity contribution < 1.29 is 0 Å². The van der Waals surface area contributed by atoms with Crippen molar-refractivity contribution >= 4 is 34.1 Å². The molecule has 2 fully saturated rings. The molecular weight excluding hydrogens is 737 g/mol. The van der Waals surface area contributed by atoms with Gasteiger partial charge in [-0.05, 0) is 161 Å². The second-order valence-electron chi connectivity index (χ2n) is 19.4. The third-order valence-electron chi connectivity index (χ3n) is 16.0. The van der Waals surface area contributed by atoms with Gasteiger partial charge in [0.25, 0.3) is 0 Å². The van der Waals surface area contributed by atoms with Gasteiger partial charge in [-0.1, -0.05) is 149 Å². The molecule has 0 N–H and O–H groups in total. The molecule has 7 aromatic rings. The van der Waals surface area contributed by atoms with Gasteiger partial charge in [0.15, 0.2) is 0 Å². The van der Waals surface area contributed by atoms with Crippen LogP contribution in [0.1, 0.15) is 110 Å². The number of benzene rings is 7. The molecule has 0 heterocycles. The summed E-state index contributed by atoms with van der Waals surface area (Å²) in [7, 11) is 0. The van der Waals surface area contributed by atoms with Crippen LogP contribution in [0.25, 0.3) is 11.1 Å². The highest BCUT2D eigenvalue weighted by Gasteiger charge is 2.60. The molecule has 3 atom stereocenters. The lowest BCUT2D eigenvalue weighted by Crippen LogP contribution is -2.42. The Morgan fingerprint density at radius 3 is 1.67 bits per heavy atom. The van der Waals surface area contributed by atoms with Gasteiger partial charge in [0.1, 0.15) is 0 Å². The zero-order chi connectivity index (χ0) is 40.7. The fraction of sp³-hybridized carbons (Fsp3) is 0.288. The van der Waals surface area contributed by atoms with Crippen LogP contribution in [-0.4, -0.2) is 0 Å². The maximum absolute atomic E-state index is 2.70. The first kappa shape index (κ1) is 36.9. The number of nitrogens with zero attached hydrogens (tertiary/aromatic N) is 2. The molecule has 7 aromatic carbocycles. The molecule has 302 valence electrons. The fourth-order valence-corrected chi connectivity index (χ4v) is 13.5. The zero-order valence-electron chi connectivity index (χ0n) is 35.8. The number of para-hydroxylation sites is 3. The predicted molar refractivity (Wildman–Crippen MR) is 255 cm³/mol. The third-order valence-corrected chi connectivity index (χ3v) is 16.0. The lowest BCUT2D eigenvalue weighted by molar-refractivity contribution is 0.177. The van der Waals surface area contributed by atoms with E-state index in [1.54, 1.807) is 22.3 Å². The number of rotatable bonds is 7. The van der Waals surface area contributed by atoms with Gasteiger partial charge in [0.05, 0.1) is 11.4 Å². The van der Waals surface area contributed by atoms with Gasteiger partial charge in [-0.15, -0.1) is 0 Å². The minimum atomic E-state index is -0.109. The Morgan fingerprint density at radius 2 is 0.984 bits per heavy atom. The Balaban J connectivity index is 1.10. The van der Waals surface area contributed by atoms with Crippen molar-refractivity contribution in [3.05, 3.63) is 203 Å². The van der Waals surface area contributed by atoms with Crippen molar-refractivity contribution in [1.29, 1.82) is 0 Å². The number of hydrogen-bond acceptors (Lipinski definition) is 2. The van der Waals surface area contributed by atoms with E-state index < -0.39 is 0 Å². The molecule has 2 heteroatoms. The van der Waals surface area contributed by atoms with Gasteiger partial charge in [-0.2, -0.15) is 0 Å². The first-order chi connectivity index (χ1) is 30.0. The molecule has 0 saturated heterocycles. The Bertz CT molecular complexity index is 2770. The summed E-state index contributed by atoms with van der Waals surface area (Å²) in [5.74, 6) is 1.67. The van der Waals surface area contributed by atoms with Crippen molar-refractivity contribution in [1.82, 2.24) is 0 Å². The molecule has 1 spiro atoms. The summed E-state index contributed by atoms with van der Waals surface area (Å²) < 4.78 is 0. The van der Waals surface area contributed by atoms with E-state index in [0.29, 0.717) is 17.8 Å². The summed E-state index contributed by atoms with van der Waals surface area (Å²) in [6, 6.07) is 63.1. The lowest BCUT2D eigenvalue weighted by Gasteiger charge is -2.47. The first-order valence-electron chi connectivity index (χ1n) is 23.3. The quantitative estimate of drug-likeness (QED) is 0.159. The molecule has 61 heavy (non-hydrogen) atoms. The summed E-state index contributed by atoms with van der Waals surface area (Å²) >= 11 is 0. The molecule has 0 radical (unpaired) electrons. The van der Waals surface area contributed by atoms with Crippen LogP contribution in [0.5, 0.6) is 0 Å². The molecule has 2 nitrogen and oxygen atoms in total. The Labute approximate surface area is 362 Å². The molecule has 0 aromatic heterocycles. The van der Waals surface area contributed by atoms with Gasteiger partial charge >= 0.3 is 0 Å². The molecule has 2 saturated carbocycles. The second-order valence-corrected chi connectivity index (χ2v) is 19.4. The maximum atomic E-state index is 2.70. The monoisotopic (exact) mass is 792 g/mol. The number of fused-ring (bicyclic) bond motifs is 5. The van der Waals surface area contributed by atoms with E-state index in [9.17, 15) is 0 Å². The van der Waals surface area contributed by atoms with Crippen LogP contribution < -0.4 is 9.80 Å². The van der Waals surface area contributed by atoms with E-state index >= 15 is 0 Å². The molecule has 0 bridgehead atoms. The van der Waals surface area contributed by atoms with Crippen molar-refractivity contribution in [2.24, 2.45) is 11.8 Å². The standard InChI is InChI=1S/C59H56N2/c1-58(2)51-31-14-12-30-49(51)50-36-35-47(39-52(50)58)60(45-25-8-4-9-26-45)54-33-16-21-41-37-43-23-18-24-44-38-42-22-17-34-55(57(42)59(43,44)56(41)54)61(46-27-10-5-11-28-46)53-32-15-13-29-48(53)40-19-6-3-7-20-40/h4-5,8-17,21-22,25-36,39-40,43-44H,3,6-7,18-20,23-24,37-38H2,1-2H3. The highest BCUT2D eigenvalue weighted by atomic mass is 15.2. The summed E-state index contributed by atoms with van der Waals surface area (Å²) in [5, 5.41) is 0. The number of anilines is 6. The average Bonchev–Trinajstić information content (AvgIpc) is 3.92. The SMILES string of the molecule is CC1(C)c2ccccc2-c2ccc(N(c3ccccc3)c3cccc4c3C35c6c(cccc6N(c6ccccc6)c6ccccc6C6CCCCC6)CC3CCCC5C4)cc21. The second kappa shape index (κ2) is 14.4. The molecule has 0 aliphatic heterocycles. The van der Waals surface area contributed by atoms with Crippen molar-refractivity contribution in [3.63, 3.8) is 0 Å². The van der Waals surface area contributed by atoms with Crippen LogP contribution in [0.2, 0.25) is 0 Å². The van der Waals surface area contributed by atoms with Gasteiger partial charge in [0, 0.05) is 33.6 Å². The average molecular weight is 793 g/mol. The normalized spacial score (nSPS) is 21.7. The van der Waals surface area contributed by atoms with Crippen LogP contribution >= 0.6 is 0 Å². The summed E-state index contributed by atoms with van der Waals surface area (Å²) in [5.41, 5.74) is 21.0. The van der Waals surface area contributed by atoms with Gasteiger partial charge in [-0.25, -0.2) is 0 Å². The van der Waals surface area contributed by atoms with Gasteiger partial charge < -0.3 is 9.80 Å². The highest BCUT2D eigenvalue weighted by molar-refractivity contribution is 5.89. The lowest BCUT2D eigenvalue weighted by atomic mass is 9.58. The summed E-state index contributed by atoms with van der Waals surface area (Å²) in [6.45, 7) is 4.82. The Hall–Kier alpha value is -5.86. The summed E-state index contributed by atoms with van der Waals surface area (Å²) in [6.07, 6.45) is 12.7. The molecule has 3 unspecified atom stereocenters. The Morgan fingerprint density at radius 1 is 0.426 bits per heavy atom. The van der Waals surface area contributed by atoms with E-state index in [2.05, 4.69) is 187 Å². The van der Waals surface area contributed by atoms with Gasteiger partial charge in [-0.3, -0.25) is 0 Å². The van der Waals surface area contributed by atoms with E-state index in [1.165, 1.54) is 113 Å². The van der Waals surface area contributed by atoms with E-state index in [0.717, 1.165) is 12.8 Å². The largest absolute Gasteiger partial charge is 0.310 e. The summed E-state index contributed by atoms with van der Waals surface area (Å²) in [4.78, 5) is 5.33. The third kappa shape index (κ3) is 5.53. The van der Waals surface area contributed by atoms with Crippen molar-refractivity contribution in [3.8, 4) is 11.1 Å². The van der Waals surface area contributed by atoms with Crippen LogP contribution in [0.15, 0.2) is 164 Å². The van der Waals surface area contributed by atoms with E-state index in [4.69, 9.17) is 0 Å². The first-order valence-corrected chi connectivity index (χ1v) is 23.3. The van der Waals surface area contributed by atoms with Crippen LogP contribution in [0.4, 0.5) is 34.1 Å². The van der Waals surface area contributed by atoms with Crippen LogP contribution in [-0.2, 0) is 23.7 Å². The van der Waals surface area contributed by atoms with E-state index in [-0.39, 0.29) is 10.8 Å². The zero-order valence-corrected chi connectivity index (χ0v) is 35.8. The predicted octanol–water partition coefficient (Wildman–Crippen LogP) is 15.8. The molecule has 5 aliphatic rings. The minimum absolute atomic E-state index is 0.0880. The minimum Gasteiger partial charge on any atom is -0.310 e. The highest BCUT2D eigenvalue weighted by Crippen LogP contribution is 2.67. The molecular formula is C59H56N2. The Kier molecular flexibility index (Phi) is 8.70. The van der Waals surface area contributed by atoms with Crippen molar-refractivity contribution in [2.75, 3.05) is 9.80 Å². The molecule has 0 amide bonds. The van der Waals surface area contributed by atoms with E-state index in [1.807, 2.05) is 0 Å². The number of hydrogen-bond donors (Lipinski definition) is 0. The smallest absolute Gasteiger partial charge is 0.0505 e.